The van der Waals surface area contributed by atoms with Gasteiger partial charge in [0.15, 0.2) is 10.9 Å². The van der Waals surface area contributed by atoms with E-state index in [0.29, 0.717) is 38.8 Å². The lowest BCUT2D eigenvalue weighted by Crippen LogP contribution is -2.22. The molecule has 5 rings (SSSR count). The number of carbonyl (C=O) groups is 1. The van der Waals surface area contributed by atoms with E-state index in [0.717, 1.165) is 5.56 Å². The zero-order valence-electron chi connectivity index (χ0n) is 18.1. The Balaban J connectivity index is 1.63. The van der Waals surface area contributed by atoms with Crippen molar-refractivity contribution in [2.75, 3.05) is 12.9 Å². The smallest absolute Gasteiger partial charge is 0.267 e. The van der Waals surface area contributed by atoms with Crippen LogP contribution in [0.5, 0.6) is 5.75 Å². The first kappa shape index (κ1) is 21.0. The molecule has 164 valence electrons. The maximum absolute atomic E-state index is 13.4. The molecule has 0 atom stereocenters. The van der Waals surface area contributed by atoms with Gasteiger partial charge in [0.2, 0.25) is 5.78 Å². The molecule has 5 aromatic rings. The molecule has 0 saturated heterocycles. The van der Waals surface area contributed by atoms with Crippen molar-refractivity contribution in [2.45, 2.75) is 12.1 Å². The van der Waals surface area contributed by atoms with Crippen molar-refractivity contribution in [2.24, 2.45) is 0 Å². The number of Topliss-reactive ketones (excluding diaryl/α,β-unsaturated/α-hetero) is 1. The monoisotopic (exact) mass is 456 g/mol. The van der Waals surface area contributed by atoms with Crippen LogP contribution in [0.25, 0.3) is 22.4 Å². The van der Waals surface area contributed by atoms with Crippen molar-refractivity contribution < 1.29 is 9.53 Å². The second kappa shape index (κ2) is 8.55. The second-order valence-electron chi connectivity index (χ2n) is 7.56. The number of aryl methyl sites for hydroxylation is 1. The number of fused-ring (bicyclic) bond motifs is 3. The van der Waals surface area contributed by atoms with Gasteiger partial charge < -0.3 is 4.74 Å². The molecular formula is C25H20N4O3S. The van der Waals surface area contributed by atoms with Gasteiger partial charge in [-0.15, -0.1) is 10.2 Å². The number of benzene rings is 3. The normalized spacial score (nSPS) is 11.2. The number of aromatic nitrogens is 4. The lowest BCUT2D eigenvalue weighted by molar-refractivity contribution is 0.102. The fraction of sp³-hybridized carbons (Fsp3) is 0.120. The lowest BCUT2D eigenvalue weighted by Gasteiger charge is -2.12. The summed E-state index contributed by atoms with van der Waals surface area (Å²) in [6.45, 7) is 1.98. The van der Waals surface area contributed by atoms with E-state index < -0.39 is 0 Å². The molecule has 0 aliphatic rings. The fourth-order valence-electron chi connectivity index (χ4n) is 3.71. The van der Waals surface area contributed by atoms with E-state index in [1.165, 1.54) is 16.3 Å². The van der Waals surface area contributed by atoms with Gasteiger partial charge in [0.25, 0.3) is 5.56 Å². The number of hydrogen-bond acceptors (Lipinski definition) is 6. The van der Waals surface area contributed by atoms with Crippen molar-refractivity contribution in [3.8, 4) is 11.4 Å². The van der Waals surface area contributed by atoms with E-state index in [9.17, 15) is 9.59 Å². The predicted molar refractivity (Wildman–Crippen MR) is 129 cm³/mol. The Hall–Kier alpha value is -3.91. The number of ether oxygens (including phenoxy) is 1. The predicted octanol–water partition coefficient (Wildman–Crippen LogP) is 4.33. The van der Waals surface area contributed by atoms with Crippen LogP contribution < -0.4 is 10.3 Å². The van der Waals surface area contributed by atoms with Crippen LogP contribution in [0.4, 0.5) is 0 Å². The summed E-state index contributed by atoms with van der Waals surface area (Å²) in [5.41, 5.74) is 2.86. The Kier molecular flexibility index (Phi) is 5.43. The van der Waals surface area contributed by atoms with Gasteiger partial charge in [-0.1, -0.05) is 59.8 Å². The summed E-state index contributed by atoms with van der Waals surface area (Å²) >= 11 is 1.30. The van der Waals surface area contributed by atoms with Crippen LogP contribution in [0.15, 0.2) is 82.7 Å². The van der Waals surface area contributed by atoms with Crippen molar-refractivity contribution in [3.05, 3.63) is 94.3 Å². The largest absolute Gasteiger partial charge is 0.497 e. The SMILES string of the molecule is COc1cccc(-n2c(=O)c3ccccc3n3c(SCC(=O)c4ccc(C)cc4)nnc23)c1. The average Bonchev–Trinajstić information content (AvgIpc) is 3.27. The fourth-order valence-corrected chi connectivity index (χ4v) is 4.54. The third-order valence-electron chi connectivity index (χ3n) is 5.41. The summed E-state index contributed by atoms with van der Waals surface area (Å²) in [5, 5.41) is 9.72. The van der Waals surface area contributed by atoms with Gasteiger partial charge in [-0.3, -0.25) is 14.0 Å². The number of carbonyl (C=O) groups excluding carboxylic acids is 1. The molecule has 2 heterocycles. The van der Waals surface area contributed by atoms with Crippen LogP contribution in [-0.2, 0) is 0 Å². The van der Waals surface area contributed by atoms with Gasteiger partial charge in [0.05, 0.1) is 29.5 Å². The zero-order chi connectivity index (χ0) is 22.9. The first-order valence-electron chi connectivity index (χ1n) is 10.3. The van der Waals surface area contributed by atoms with Gasteiger partial charge in [-0.05, 0) is 31.2 Å². The van der Waals surface area contributed by atoms with Crippen molar-refractivity contribution in [3.63, 3.8) is 0 Å². The summed E-state index contributed by atoms with van der Waals surface area (Å²) in [4.78, 5) is 26.1. The van der Waals surface area contributed by atoms with Crippen molar-refractivity contribution in [1.29, 1.82) is 0 Å². The molecule has 3 aromatic carbocycles. The number of rotatable bonds is 6. The molecule has 0 unspecified atom stereocenters. The molecule has 8 heteroatoms. The number of para-hydroxylation sites is 1. The molecule has 2 aromatic heterocycles. The quantitative estimate of drug-likeness (QED) is 0.280. The molecule has 0 aliphatic carbocycles. The Labute approximate surface area is 193 Å². The minimum Gasteiger partial charge on any atom is -0.497 e. The van der Waals surface area contributed by atoms with Crippen LogP contribution in [0.3, 0.4) is 0 Å². The molecule has 33 heavy (non-hydrogen) atoms. The summed E-state index contributed by atoms with van der Waals surface area (Å²) < 4.78 is 8.68. The minimum absolute atomic E-state index is 0.00201. The maximum Gasteiger partial charge on any atom is 0.267 e. The van der Waals surface area contributed by atoms with Crippen LogP contribution in [-0.4, -0.2) is 37.8 Å². The summed E-state index contributed by atoms with van der Waals surface area (Å²) in [5.74, 6) is 1.21. The van der Waals surface area contributed by atoms with Crippen LogP contribution in [0.1, 0.15) is 15.9 Å². The van der Waals surface area contributed by atoms with Crippen molar-refractivity contribution in [1.82, 2.24) is 19.2 Å². The Morgan fingerprint density at radius 1 is 1.00 bits per heavy atom. The summed E-state index contributed by atoms with van der Waals surface area (Å²) in [6, 6.07) is 22.1. The first-order valence-corrected chi connectivity index (χ1v) is 11.3. The highest BCUT2D eigenvalue weighted by atomic mass is 32.2. The van der Waals surface area contributed by atoms with E-state index >= 15 is 0 Å². The maximum atomic E-state index is 13.4. The minimum atomic E-state index is -0.203. The molecule has 0 aliphatic heterocycles. The molecule has 0 saturated carbocycles. The average molecular weight is 457 g/mol. The van der Waals surface area contributed by atoms with Crippen LogP contribution >= 0.6 is 11.8 Å². The highest BCUT2D eigenvalue weighted by Gasteiger charge is 2.19. The van der Waals surface area contributed by atoms with Gasteiger partial charge in [0.1, 0.15) is 5.75 Å². The third kappa shape index (κ3) is 3.78. The van der Waals surface area contributed by atoms with E-state index in [1.807, 2.05) is 72.0 Å². The zero-order valence-corrected chi connectivity index (χ0v) is 18.9. The van der Waals surface area contributed by atoms with E-state index in [-0.39, 0.29) is 17.1 Å². The van der Waals surface area contributed by atoms with Gasteiger partial charge in [-0.2, -0.15) is 0 Å². The molecule has 0 fully saturated rings. The topological polar surface area (TPSA) is 78.5 Å². The number of ketones is 1. The van der Waals surface area contributed by atoms with Gasteiger partial charge >= 0.3 is 0 Å². The second-order valence-corrected chi connectivity index (χ2v) is 8.50. The Morgan fingerprint density at radius 2 is 1.79 bits per heavy atom. The van der Waals surface area contributed by atoms with Gasteiger partial charge in [0, 0.05) is 11.6 Å². The van der Waals surface area contributed by atoms with Crippen LogP contribution in [0.2, 0.25) is 0 Å². The number of thioether (sulfide) groups is 1. The molecule has 7 nitrogen and oxygen atoms in total. The van der Waals surface area contributed by atoms with Gasteiger partial charge in [-0.25, -0.2) is 4.57 Å². The van der Waals surface area contributed by atoms with E-state index in [1.54, 1.807) is 19.2 Å². The number of nitrogens with zero attached hydrogens (tertiary/aromatic N) is 4. The van der Waals surface area contributed by atoms with E-state index in [4.69, 9.17) is 4.74 Å². The Morgan fingerprint density at radius 3 is 2.58 bits per heavy atom. The summed E-state index contributed by atoms with van der Waals surface area (Å²) in [6.07, 6.45) is 0. The molecular weight excluding hydrogens is 436 g/mol. The molecule has 0 radical (unpaired) electrons. The van der Waals surface area contributed by atoms with Crippen molar-refractivity contribution >= 4 is 34.2 Å². The van der Waals surface area contributed by atoms with E-state index in [2.05, 4.69) is 10.2 Å². The van der Waals surface area contributed by atoms with Crippen LogP contribution in [0, 0.1) is 6.92 Å². The number of hydrogen-bond donors (Lipinski definition) is 0. The first-order chi connectivity index (χ1) is 16.1. The molecule has 0 N–H and O–H groups in total. The molecule has 0 spiro atoms. The highest BCUT2D eigenvalue weighted by Crippen LogP contribution is 2.25. The number of methoxy groups -OCH3 is 1. The summed E-state index contributed by atoms with van der Waals surface area (Å²) in [7, 11) is 1.58. The molecule has 0 bridgehead atoms. The Bertz CT molecular complexity index is 1550. The standard InChI is InChI=1S/C25H20N4O3S/c1-16-10-12-17(13-11-16)22(30)15-33-25-27-26-24-28(18-6-5-7-19(14-18)32-2)23(31)20-8-3-4-9-21(20)29(24)25/h3-14H,15H2,1-2H3. The molecule has 0 amide bonds. The highest BCUT2D eigenvalue weighted by molar-refractivity contribution is 7.99. The lowest BCUT2D eigenvalue weighted by atomic mass is 10.1. The third-order valence-corrected chi connectivity index (χ3v) is 6.34.